The molecule has 0 saturated carbocycles. The number of fused-ring (bicyclic) bond motifs is 1. The summed E-state index contributed by atoms with van der Waals surface area (Å²) < 4.78 is 28.9. The fourth-order valence-electron chi connectivity index (χ4n) is 2.62. The summed E-state index contributed by atoms with van der Waals surface area (Å²) in [5.74, 6) is 1.90. The minimum atomic E-state index is -0.277. The highest BCUT2D eigenvalue weighted by atomic mass is 19.1. The predicted octanol–water partition coefficient (Wildman–Crippen LogP) is 3.46. The van der Waals surface area contributed by atoms with Gasteiger partial charge in [-0.15, -0.1) is 0 Å². The number of ether oxygens (including phenoxy) is 3. The van der Waals surface area contributed by atoms with Gasteiger partial charge >= 0.3 is 0 Å². The van der Waals surface area contributed by atoms with E-state index in [1.165, 1.54) is 12.1 Å². The molecule has 2 aromatic rings. The van der Waals surface area contributed by atoms with Gasteiger partial charge in [0, 0.05) is 13.0 Å². The molecule has 138 valence electrons. The number of rotatable bonds is 9. The van der Waals surface area contributed by atoms with Gasteiger partial charge < -0.3 is 19.5 Å². The minimum absolute atomic E-state index is 0.0297. The van der Waals surface area contributed by atoms with Crippen LogP contribution in [-0.2, 0) is 11.2 Å². The molecule has 3 rings (SSSR count). The summed E-state index contributed by atoms with van der Waals surface area (Å²) in [5.41, 5.74) is 1.05. The van der Waals surface area contributed by atoms with E-state index in [0.717, 1.165) is 29.9 Å². The Hall–Kier alpha value is -2.76. The summed E-state index contributed by atoms with van der Waals surface area (Å²) in [5, 5.41) is 2.91. The second-order valence-corrected chi connectivity index (χ2v) is 6.05. The van der Waals surface area contributed by atoms with E-state index in [4.69, 9.17) is 14.2 Å². The van der Waals surface area contributed by atoms with Gasteiger partial charge in [-0.2, -0.15) is 0 Å². The van der Waals surface area contributed by atoms with Crippen molar-refractivity contribution in [1.82, 2.24) is 5.32 Å². The van der Waals surface area contributed by atoms with Crippen molar-refractivity contribution < 1.29 is 23.4 Å². The largest absolute Gasteiger partial charge is 0.494 e. The molecule has 26 heavy (non-hydrogen) atoms. The number of hydrogen-bond acceptors (Lipinski definition) is 4. The molecule has 1 amide bonds. The lowest BCUT2D eigenvalue weighted by molar-refractivity contribution is -0.121. The lowest BCUT2D eigenvalue weighted by atomic mass is 10.1. The zero-order valence-corrected chi connectivity index (χ0v) is 14.5. The normalized spacial score (nSPS) is 12.0. The van der Waals surface area contributed by atoms with Crippen LogP contribution in [0.25, 0.3) is 0 Å². The lowest BCUT2D eigenvalue weighted by Crippen LogP contribution is -2.24. The van der Waals surface area contributed by atoms with Gasteiger partial charge in [0.15, 0.2) is 11.5 Å². The molecular weight excluding hydrogens is 337 g/mol. The summed E-state index contributed by atoms with van der Waals surface area (Å²) in [4.78, 5) is 11.9. The van der Waals surface area contributed by atoms with Crippen molar-refractivity contribution in [2.45, 2.75) is 25.7 Å². The van der Waals surface area contributed by atoms with E-state index in [9.17, 15) is 9.18 Å². The number of aryl methyl sites for hydroxylation is 1. The zero-order chi connectivity index (χ0) is 18.2. The van der Waals surface area contributed by atoms with Gasteiger partial charge in [0.05, 0.1) is 6.61 Å². The van der Waals surface area contributed by atoms with Gasteiger partial charge in [0.25, 0.3) is 0 Å². The molecule has 0 bridgehead atoms. The van der Waals surface area contributed by atoms with Crippen molar-refractivity contribution >= 4 is 5.91 Å². The van der Waals surface area contributed by atoms with Crippen LogP contribution in [0.2, 0.25) is 0 Å². The zero-order valence-electron chi connectivity index (χ0n) is 14.5. The number of amides is 1. The molecule has 0 spiro atoms. The number of carbonyl (C=O) groups excluding carboxylic acids is 1. The van der Waals surface area contributed by atoms with E-state index in [2.05, 4.69) is 5.32 Å². The maximum atomic E-state index is 12.8. The summed E-state index contributed by atoms with van der Waals surface area (Å²) >= 11 is 0. The fraction of sp³-hybridized carbons (Fsp3) is 0.350. The topological polar surface area (TPSA) is 56.8 Å². The smallest absolute Gasteiger partial charge is 0.231 e. The first-order valence-corrected chi connectivity index (χ1v) is 8.74. The molecule has 1 N–H and O–H groups in total. The molecule has 0 aromatic heterocycles. The van der Waals surface area contributed by atoms with E-state index < -0.39 is 0 Å². The molecular formula is C20H22FNO4. The van der Waals surface area contributed by atoms with Gasteiger partial charge in [0.1, 0.15) is 11.6 Å². The highest BCUT2D eigenvalue weighted by Gasteiger charge is 2.13. The van der Waals surface area contributed by atoms with Gasteiger partial charge in [-0.05, 0) is 61.2 Å². The van der Waals surface area contributed by atoms with Crippen molar-refractivity contribution in [3.8, 4) is 17.2 Å². The molecule has 1 heterocycles. The number of halogens is 1. The van der Waals surface area contributed by atoms with Gasteiger partial charge in [-0.25, -0.2) is 4.39 Å². The van der Waals surface area contributed by atoms with Crippen LogP contribution in [0.4, 0.5) is 4.39 Å². The monoisotopic (exact) mass is 359 g/mol. The van der Waals surface area contributed by atoms with Crippen LogP contribution in [0.1, 0.15) is 24.8 Å². The third-order valence-electron chi connectivity index (χ3n) is 4.05. The first-order chi connectivity index (χ1) is 12.7. The minimum Gasteiger partial charge on any atom is -0.494 e. The Balaban J connectivity index is 1.25. The number of nitrogens with one attached hydrogen (secondary N) is 1. The molecule has 6 heteroatoms. The number of benzene rings is 2. The molecule has 0 saturated heterocycles. The van der Waals surface area contributed by atoms with E-state index in [1.807, 2.05) is 18.2 Å². The third kappa shape index (κ3) is 5.37. The van der Waals surface area contributed by atoms with Crippen LogP contribution in [0, 0.1) is 5.82 Å². The van der Waals surface area contributed by atoms with E-state index >= 15 is 0 Å². The average Bonchev–Trinajstić information content (AvgIpc) is 3.12. The standard InChI is InChI=1S/C20H22FNO4/c21-16-5-7-17(8-6-16)24-12-2-1-11-22-20(23)10-4-15-3-9-18-19(13-15)26-14-25-18/h3,5-9,13H,1-2,4,10-12,14H2,(H,22,23). The third-order valence-corrected chi connectivity index (χ3v) is 4.05. The molecule has 1 aliphatic heterocycles. The average molecular weight is 359 g/mol. The Morgan fingerprint density at radius 3 is 2.73 bits per heavy atom. The lowest BCUT2D eigenvalue weighted by Gasteiger charge is -2.07. The van der Waals surface area contributed by atoms with Crippen LogP contribution >= 0.6 is 0 Å². The second kappa shape index (κ2) is 9.08. The van der Waals surface area contributed by atoms with Crippen LogP contribution in [0.15, 0.2) is 42.5 Å². The summed E-state index contributed by atoms with van der Waals surface area (Å²) in [6.45, 7) is 1.41. The Morgan fingerprint density at radius 1 is 1.08 bits per heavy atom. The van der Waals surface area contributed by atoms with Gasteiger partial charge in [0.2, 0.25) is 12.7 Å². The number of hydrogen-bond donors (Lipinski definition) is 1. The van der Waals surface area contributed by atoms with Crippen molar-refractivity contribution in [2.24, 2.45) is 0 Å². The van der Waals surface area contributed by atoms with Crippen molar-refractivity contribution in [3.05, 3.63) is 53.8 Å². The molecule has 0 aliphatic carbocycles. The van der Waals surface area contributed by atoms with Gasteiger partial charge in [-0.3, -0.25) is 4.79 Å². The second-order valence-electron chi connectivity index (χ2n) is 6.05. The summed E-state index contributed by atoms with van der Waals surface area (Å²) in [6, 6.07) is 11.7. The molecule has 0 fully saturated rings. The van der Waals surface area contributed by atoms with Gasteiger partial charge in [-0.1, -0.05) is 6.07 Å². The molecule has 2 aromatic carbocycles. The summed E-state index contributed by atoms with van der Waals surface area (Å²) in [7, 11) is 0. The quantitative estimate of drug-likeness (QED) is 0.697. The van der Waals surface area contributed by atoms with Crippen LogP contribution < -0.4 is 19.5 Å². The molecule has 1 aliphatic rings. The first kappa shape index (κ1) is 18.0. The van der Waals surface area contributed by atoms with E-state index in [-0.39, 0.29) is 18.5 Å². The van der Waals surface area contributed by atoms with E-state index in [0.29, 0.717) is 31.7 Å². The Kier molecular flexibility index (Phi) is 6.30. The highest BCUT2D eigenvalue weighted by Crippen LogP contribution is 2.32. The van der Waals surface area contributed by atoms with Crippen molar-refractivity contribution in [1.29, 1.82) is 0 Å². The maximum absolute atomic E-state index is 12.8. The molecule has 0 radical (unpaired) electrons. The molecule has 0 unspecified atom stereocenters. The van der Waals surface area contributed by atoms with Crippen molar-refractivity contribution in [2.75, 3.05) is 19.9 Å². The number of carbonyl (C=O) groups is 1. The van der Waals surface area contributed by atoms with Crippen LogP contribution in [-0.4, -0.2) is 25.9 Å². The highest BCUT2D eigenvalue weighted by molar-refractivity contribution is 5.76. The van der Waals surface area contributed by atoms with Crippen LogP contribution in [0.3, 0.4) is 0 Å². The maximum Gasteiger partial charge on any atom is 0.231 e. The Bertz CT molecular complexity index is 733. The Labute approximate surface area is 152 Å². The van der Waals surface area contributed by atoms with E-state index in [1.54, 1.807) is 12.1 Å². The first-order valence-electron chi connectivity index (χ1n) is 8.74. The SMILES string of the molecule is O=C(CCc1ccc2c(c1)OCO2)NCCCCOc1ccc(F)cc1. The van der Waals surface area contributed by atoms with Crippen molar-refractivity contribution in [3.63, 3.8) is 0 Å². The fourth-order valence-corrected chi connectivity index (χ4v) is 2.62. The number of unbranched alkanes of at least 4 members (excludes halogenated alkanes) is 1. The summed E-state index contributed by atoms with van der Waals surface area (Å²) in [6.07, 6.45) is 2.75. The predicted molar refractivity (Wildman–Crippen MR) is 95.0 cm³/mol. The van der Waals surface area contributed by atoms with Crippen LogP contribution in [0.5, 0.6) is 17.2 Å². The molecule has 0 atom stereocenters. The Morgan fingerprint density at radius 2 is 1.88 bits per heavy atom. The molecule has 5 nitrogen and oxygen atoms in total.